The number of carbonyl (C=O) groups is 3. The third-order valence-electron chi connectivity index (χ3n) is 3.70. The first-order valence-corrected chi connectivity index (χ1v) is 7.52. The summed E-state index contributed by atoms with van der Waals surface area (Å²) in [4.78, 5) is 36.1. The molecule has 1 aliphatic heterocycles. The molecule has 1 atom stereocenters. The number of morpholine rings is 1. The molecule has 1 heterocycles. The highest BCUT2D eigenvalue weighted by Gasteiger charge is 2.36. The van der Waals surface area contributed by atoms with Crippen LogP contribution >= 0.6 is 0 Å². The summed E-state index contributed by atoms with van der Waals surface area (Å²) in [5.41, 5.74) is 3.35. The van der Waals surface area contributed by atoms with Crippen LogP contribution in [0.3, 0.4) is 0 Å². The lowest BCUT2D eigenvalue weighted by atomic mass is 10.1. The van der Waals surface area contributed by atoms with Crippen LogP contribution in [0.5, 0.6) is 0 Å². The zero-order valence-electron chi connectivity index (χ0n) is 13.7. The number of benzene rings is 1. The predicted octanol–water partition coefficient (Wildman–Crippen LogP) is 0.0804. The summed E-state index contributed by atoms with van der Waals surface area (Å²) < 4.78 is 45.1. The number of hydrogen-bond acceptors (Lipinski definition) is 5. The highest BCUT2D eigenvalue weighted by molar-refractivity contribution is 6.10. The van der Waals surface area contributed by atoms with Gasteiger partial charge in [-0.1, -0.05) is 0 Å². The van der Waals surface area contributed by atoms with Crippen LogP contribution in [0.25, 0.3) is 0 Å². The van der Waals surface area contributed by atoms with E-state index in [1.54, 1.807) is 0 Å². The Hall–Kier alpha value is -2.66. The van der Waals surface area contributed by atoms with Crippen molar-refractivity contribution in [3.05, 3.63) is 23.8 Å². The summed E-state index contributed by atoms with van der Waals surface area (Å²) >= 11 is 0. The second-order valence-corrected chi connectivity index (χ2v) is 5.44. The first kappa shape index (κ1) is 19.7. The third-order valence-corrected chi connectivity index (χ3v) is 3.70. The maximum atomic E-state index is 13.4. The zero-order chi connectivity index (χ0) is 19.5. The Morgan fingerprint density at radius 3 is 2.58 bits per heavy atom. The van der Waals surface area contributed by atoms with Crippen molar-refractivity contribution in [2.24, 2.45) is 5.73 Å². The summed E-state index contributed by atoms with van der Waals surface area (Å²) in [7, 11) is 1.27. The Morgan fingerprint density at radius 2 is 2.04 bits per heavy atom. The average molecular weight is 374 g/mol. The molecule has 1 aromatic carbocycles. The van der Waals surface area contributed by atoms with E-state index in [0.717, 1.165) is 12.1 Å². The number of hydrogen-bond donors (Lipinski definition) is 3. The molecule has 0 radical (unpaired) electrons. The monoisotopic (exact) mass is 374 g/mol. The van der Waals surface area contributed by atoms with Gasteiger partial charge in [0.25, 0.3) is 11.8 Å². The van der Waals surface area contributed by atoms with E-state index >= 15 is 0 Å². The van der Waals surface area contributed by atoms with Crippen LogP contribution in [-0.2, 0) is 25.3 Å². The van der Waals surface area contributed by atoms with Crippen molar-refractivity contribution in [3.8, 4) is 0 Å². The Balaban J connectivity index is 2.36. The van der Waals surface area contributed by atoms with E-state index in [-0.39, 0.29) is 25.4 Å². The third kappa shape index (κ3) is 4.29. The molecular weight excluding hydrogens is 357 g/mol. The highest BCUT2D eigenvalue weighted by atomic mass is 19.4. The van der Waals surface area contributed by atoms with E-state index < -0.39 is 41.2 Å². The van der Waals surface area contributed by atoms with E-state index in [0.29, 0.717) is 0 Å². The van der Waals surface area contributed by atoms with E-state index in [4.69, 9.17) is 10.5 Å². The molecule has 142 valence electrons. The van der Waals surface area contributed by atoms with Crippen LogP contribution in [0.4, 0.5) is 24.5 Å². The van der Waals surface area contributed by atoms with Crippen molar-refractivity contribution in [1.29, 1.82) is 0 Å². The van der Waals surface area contributed by atoms with Gasteiger partial charge in [0.05, 0.1) is 17.9 Å². The van der Waals surface area contributed by atoms with E-state index in [1.807, 2.05) is 5.32 Å². The van der Waals surface area contributed by atoms with Gasteiger partial charge in [-0.15, -0.1) is 0 Å². The molecule has 0 aromatic heterocycles. The van der Waals surface area contributed by atoms with Crippen molar-refractivity contribution in [2.45, 2.75) is 12.2 Å². The largest absolute Gasteiger partial charge is 0.418 e. The lowest BCUT2D eigenvalue weighted by Crippen LogP contribution is -2.48. The Morgan fingerprint density at radius 1 is 1.35 bits per heavy atom. The maximum absolute atomic E-state index is 13.4. The van der Waals surface area contributed by atoms with E-state index in [9.17, 15) is 27.6 Å². The van der Waals surface area contributed by atoms with Crippen LogP contribution in [0.15, 0.2) is 18.2 Å². The number of ether oxygens (including phenoxy) is 1. The number of nitrogens with one attached hydrogen (secondary N) is 2. The number of nitrogens with zero attached hydrogens (tertiary/aromatic N) is 1. The van der Waals surface area contributed by atoms with Gasteiger partial charge in [-0.3, -0.25) is 14.4 Å². The number of amides is 3. The van der Waals surface area contributed by atoms with Gasteiger partial charge in [0.15, 0.2) is 6.04 Å². The van der Waals surface area contributed by atoms with Gasteiger partial charge in [-0.05, 0) is 25.2 Å². The van der Waals surface area contributed by atoms with Crippen molar-refractivity contribution < 1.29 is 32.3 Å². The molecule has 1 aromatic rings. The van der Waals surface area contributed by atoms with Crippen molar-refractivity contribution in [2.75, 3.05) is 37.0 Å². The quantitative estimate of drug-likeness (QED) is 0.632. The molecular formula is C15H17F3N4O4. The highest BCUT2D eigenvalue weighted by Crippen LogP contribution is 2.37. The molecule has 1 aliphatic rings. The molecule has 0 unspecified atom stereocenters. The molecule has 3 amide bonds. The van der Waals surface area contributed by atoms with Gasteiger partial charge in [0.2, 0.25) is 5.91 Å². The van der Waals surface area contributed by atoms with Gasteiger partial charge in [-0.25, -0.2) is 0 Å². The lowest BCUT2D eigenvalue weighted by molar-refractivity contribution is -0.137. The number of anilines is 2. The Bertz CT molecular complexity index is 723. The number of primary amides is 1. The first-order chi connectivity index (χ1) is 12.1. The van der Waals surface area contributed by atoms with E-state index in [2.05, 4.69) is 5.32 Å². The summed E-state index contributed by atoms with van der Waals surface area (Å²) in [6, 6.07) is 1.56. The molecule has 0 saturated carbocycles. The van der Waals surface area contributed by atoms with Gasteiger partial charge < -0.3 is 26.0 Å². The van der Waals surface area contributed by atoms with Crippen molar-refractivity contribution in [3.63, 3.8) is 0 Å². The van der Waals surface area contributed by atoms with Crippen molar-refractivity contribution in [1.82, 2.24) is 5.32 Å². The average Bonchev–Trinajstić information content (AvgIpc) is 2.55. The molecule has 2 rings (SSSR count). The number of likely N-dealkylation sites (N-methyl/N-ethyl adjacent to an activating group) is 1. The second kappa shape index (κ2) is 7.70. The number of carbonyl (C=O) groups excluding carboxylic acids is 3. The molecule has 1 fully saturated rings. The fraction of sp³-hybridized carbons (Fsp3) is 0.400. The minimum Gasteiger partial charge on any atom is -0.370 e. The number of halogens is 3. The van der Waals surface area contributed by atoms with Crippen LogP contribution in [0, 0.1) is 0 Å². The van der Waals surface area contributed by atoms with Crippen LogP contribution < -0.4 is 21.3 Å². The van der Waals surface area contributed by atoms with Gasteiger partial charge in [-0.2, -0.15) is 13.2 Å². The minimum absolute atomic E-state index is 0.0312. The van der Waals surface area contributed by atoms with Gasteiger partial charge >= 0.3 is 6.18 Å². The fourth-order valence-electron chi connectivity index (χ4n) is 2.44. The fourth-order valence-corrected chi connectivity index (χ4v) is 2.44. The normalized spacial score (nSPS) is 16.3. The molecule has 11 heteroatoms. The topological polar surface area (TPSA) is 114 Å². The molecule has 4 N–H and O–H groups in total. The molecule has 26 heavy (non-hydrogen) atoms. The number of alkyl halides is 3. The van der Waals surface area contributed by atoms with Gasteiger partial charge in [0, 0.05) is 12.2 Å². The summed E-state index contributed by atoms with van der Waals surface area (Å²) in [6.45, 7) is 0.0989. The summed E-state index contributed by atoms with van der Waals surface area (Å²) in [5, 5.41) is 4.35. The molecule has 0 spiro atoms. The number of rotatable bonds is 5. The van der Waals surface area contributed by atoms with Crippen LogP contribution in [-0.4, -0.2) is 50.6 Å². The van der Waals surface area contributed by atoms with Crippen LogP contribution in [0.1, 0.15) is 5.56 Å². The predicted molar refractivity (Wildman–Crippen MR) is 85.3 cm³/mol. The van der Waals surface area contributed by atoms with Crippen molar-refractivity contribution >= 4 is 29.1 Å². The molecule has 1 saturated heterocycles. The molecule has 0 bridgehead atoms. The smallest absolute Gasteiger partial charge is 0.370 e. The Kier molecular flexibility index (Phi) is 5.83. The molecule has 8 nitrogen and oxygen atoms in total. The molecule has 0 aliphatic carbocycles. The zero-order valence-corrected chi connectivity index (χ0v) is 13.7. The van der Waals surface area contributed by atoms with Crippen LogP contribution in [0.2, 0.25) is 0 Å². The maximum Gasteiger partial charge on any atom is 0.418 e. The van der Waals surface area contributed by atoms with Gasteiger partial charge in [0.1, 0.15) is 6.61 Å². The minimum atomic E-state index is -4.80. The standard InChI is InChI=1S/C15H17F3N4O4/c1-20-12(13(19)24)14(25)21-10-3-2-8(6-9(10)15(16,17)18)22-4-5-26-7-11(22)23/h2-3,6,12,20H,4-5,7H2,1H3,(H2,19,24)(H,21,25)/t12-/m0/s1. The lowest BCUT2D eigenvalue weighted by Gasteiger charge is -2.28. The first-order valence-electron chi connectivity index (χ1n) is 7.52. The van der Waals surface area contributed by atoms with E-state index in [1.165, 1.54) is 18.0 Å². The summed E-state index contributed by atoms with van der Waals surface area (Å²) in [5.74, 6) is -2.53. The Labute approximate surface area is 146 Å². The SMILES string of the molecule is CN[C@@H](C(N)=O)C(=O)Nc1ccc(N2CCOCC2=O)cc1C(F)(F)F. The summed E-state index contributed by atoms with van der Waals surface area (Å²) in [6.07, 6.45) is -4.80. The second-order valence-electron chi connectivity index (χ2n) is 5.44. The number of nitrogens with two attached hydrogens (primary N) is 1.